The molecule has 1 amide bonds. The van der Waals surface area contributed by atoms with Crippen molar-refractivity contribution in [3.8, 4) is 5.75 Å². The molecule has 1 aromatic carbocycles. The van der Waals surface area contributed by atoms with Crippen LogP contribution in [0, 0.1) is 5.82 Å². The number of pyridine rings is 1. The first kappa shape index (κ1) is 24.2. The van der Waals surface area contributed by atoms with Crippen molar-refractivity contribution >= 4 is 11.9 Å². The van der Waals surface area contributed by atoms with E-state index in [1.807, 2.05) is 35.7 Å². The molecule has 1 unspecified atom stereocenters. The molecule has 3 aromatic rings. The molecule has 190 valence electrons. The molecule has 1 aliphatic heterocycles. The highest BCUT2D eigenvalue weighted by molar-refractivity contribution is 5.98. The number of hydrogen-bond donors (Lipinski definition) is 1. The Morgan fingerprint density at radius 3 is 2.69 bits per heavy atom. The molecule has 1 spiro atoms. The van der Waals surface area contributed by atoms with E-state index in [0.29, 0.717) is 18.8 Å². The van der Waals surface area contributed by atoms with Crippen molar-refractivity contribution in [3.05, 3.63) is 70.6 Å². The largest absolute Gasteiger partial charge is 0.494 e. The topological polar surface area (TPSA) is 75.5 Å². The van der Waals surface area contributed by atoms with Crippen molar-refractivity contribution in [3.63, 3.8) is 0 Å². The summed E-state index contributed by atoms with van der Waals surface area (Å²) >= 11 is 0. The Hall–Kier alpha value is -3.46. The van der Waals surface area contributed by atoms with E-state index in [2.05, 4.69) is 40.3 Å². The highest BCUT2D eigenvalue weighted by atomic mass is 19.1. The first-order valence-corrected chi connectivity index (χ1v) is 12.3. The third-order valence-corrected chi connectivity index (χ3v) is 7.36. The van der Waals surface area contributed by atoms with Gasteiger partial charge >= 0.3 is 0 Å². The molecule has 2 aromatic heterocycles. The first-order valence-electron chi connectivity index (χ1n) is 12.3. The van der Waals surface area contributed by atoms with E-state index >= 15 is 0 Å². The predicted molar refractivity (Wildman–Crippen MR) is 136 cm³/mol. The maximum absolute atomic E-state index is 14.0. The summed E-state index contributed by atoms with van der Waals surface area (Å²) in [6.07, 6.45) is 6.95. The molecule has 8 nitrogen and oxygen atoms in total. The number of imidazole rings is 1. The molecule has 0 bridgehead atoms. The summed E-state index contributed by atoms with van der Waals surface area (Å²) in [7, 11) is 7.39. The standard InChI is InChI=1S/C27H33FN6O2/c1-17(22-12-23(36-5)21(28)13-31-22)34-16-27(6-7-27)24-19(15-32(3)4)10-18(11-20(24)25(34)35)14-33-9-8-30-26(33)29-2/h8-13,17H,6-7,14-16H2,1-5H3,(H,29,30). The van der Waals surface area contributed by atoms with Crippen LogP contribution in [0.5, 0.6) is 5.75 Å². The van der Waals surface area contributed by atoms with E-state index in [4.69, 9.17) is 4.74 Å². The Morgan fingerprint density at radius 1 is 1.25 bits per heavy atom. The van der Waals surface area contributed by atoms with Gasteiger partial charge in [0.25, 0.3) is 5.91 Å². The highest BCUT2D eigenvalue weighted by Gasteiger charge is 2.53. The van der Waals surface area contributed by atoms with Crippen LogP contribution in [0.2, 0.25) is 0 Å². The Bertz CT molecular complexity index is 1300. The molecule has 2 aliphatic rings. The van der Waals surface area contributed by atoms with Gasteiger partial charge in [-0.25, -0.2) is 9.37 Å². The number of hydrogen-bond acceptors (Lipinski definition) is 6. The Kier molecular flexibility index (Phi) is 6.20. The van der Waals surface area contributed by atoms with Gasteiger partial charge in [-0.1, -0.05) is 6.07 Å². The zero-order chi connectivity index (χ0) is 25.6. The van der Waals surface area contributed by atoms with Gasteiger partial charge in [-0.3, -0.25) is 9.78 Å². The number of anilines is 1. The van der Waals surface area contributed by atoms with Crippen molar-refractivity contribution in [1.29, 1.82) is 0 Å². The first-order chi connectivity index (χ1) is 17.3. The Morgan fingerprint density at radius 2 is 2.03 bits per heavy atom. The minimum atomic E-state index is -0.513. The van der Waals surface area contributed by atoms with Gasteiger partial charge in [0.2, 0.25) is 5.95 Å². The quantitative estimate of drug-likeness (QED) is 0.515. The fourth-order valence-corrected chi connectivity index (χ4v) is 5.46. The summed E-state index contributed by atoms with van der Waals surface area (Å²) in [5.74, 6) is 0.384. The summed E-state index contributed by atoms with van der Waals surface area (Å²) in [6.45, 7) is 3.96. The predicted octanol–water partition coefficient (Wildman–Crippen LogP) is 3.83. The number of amides is 1. The van der Waals surface area contributed by atoms with Gasteiger partial charge in [0, 0.05) is 49.6 Å². The third-order valence-electron chi connectivity index (χ3n) is 7.36. The molecule has 1 aliphatic carbocycles. The van der Waals surface area contributed by atoms with Crippen LogP contribution in [-0.2, 0) is 18.5 Å². The molecule has 1 saturated carbocycles. The number of ether oxygens (including phenoxy) is 1. The number of carbonyl (C=O) groups is 1. The highest BCUT2D eigenvalue weighted by Crippen LogP contribution is 2.55. The molecule has 3 heterocycles. The van der Waals surface area contributed by atoms with E-state index in [0.717, 1.165) is 42.7 Å². The Labute approximate surface area is 211 Å². The molecule has 5 rings (SSSR count). The van der Waals surface area contributed by atoms with Gasteiger partial charge in [0.15, 0.2) is 11.6 Å². The summed E-state index contributed by atoms with van der Waals surface area (Å²) in [5.41, 5.74) is 4.79. The number of halogens is 1. The molecule has 1 N–H and O–H groups in total. The molecular weight excluding hydrogens is 459 g/mol. The van der Waals surface area contributed by atoms with Crippen molar-refractivity contribution < 1.29 is 13.9 Å². The van der Waals surface area contributed by atoms with Crippen molar-refractivity contribution in [2.45, 2.75) is 44.3 Å². The number of methoxy groups -OCH3 is 1. The minimum Gasteiger partial charge on any atom is -0.494 e. The van der Waals surface area contributed by atoms with Gasteiger partial charge in [-0.2, -0.15) is 0 Å². The van der Waals surface area contributed by atoms with Gasteiger partial charge < -0.3 is 24.4 Å². The Balaban J connectivity index is 1.57. The number of nitrogens with zero attached hydrogens (tertiary/aromatic N) is 5. The molecule has 0 radical (unpaired) electrons. The second kappa shape index (κ2) is 9.20. The van der Waals surface area contributed by atoms with Crippen LogP contribution >= 0.6 is 0 Å². The van der Waals surface area contributed by atoms with Crippen LogP contribution in [-0.4, -0.2) is 65.0 Å². The van der Waals surface area contributed by atoms with Crippen LogP contribution < -0.4 is 10.1 Å². The minimum absolute atomic E-state index is 0.0126. The lowest BCUT2D eigenvalue weighted by molar-refractivity contribution is 0.0633. The zero-order valence-corrected chi connectivity index (χ0v) is 21.5. The van der Waals surface area contributed by atoms with Crippen LogP contribution in [0.25, 0.3) is 0 Å². The van der Waals surface area contributed by atoms with E-state index in [-0.39, 0.29) is 23.1 Å². The maximum atomic E-state index is 14.0. The molecule has 1 atom stereocenters. The monoisotopic (exact) mass is 492 g/mol. The van der Waals surface area contributed by atoms with E-state index < -0.39 is 5.82 Å². The zero-order valence-electron chi connectivity index (χ0n) is 21.5. The lowest BCUT2D eigenvalue weighted by Gasteiger charge is -2.40. The normalized spacial score (nSPS) is 16.9. The number of rotatable bonds is 8. The number of nitrogens with one attached hydrogen (secondary N) is 1. The number of aromatic nitrogens is 3. The lowest BCUT2D eigenvalue weighted by Crippen LogP contribution is -2.45. The lowest BCUT2D eigenvalue weighted by atomic mass is 9.81. The smallest absolute Gasteiger partial charge is 0.254 e. The van der Waals surface area contributed by atoms with Crippen molar-refractivity contribution in [2.75, 3.05) is 40.1 Å². The summed E-state index contributed by atoms with van der Waals surface area (Å²) in [4.78, 5) is 26.7. The third kappa shape index (κ3) is 4.21. The molecular formula is C27H33FN6O2. The average Bonchev–Trinajstić information content (AvgIpc) is 3.48. The fraction of sp³-hybridized carbons (Fsp3) is 0.444. The van der Waals surface area contributed by atoms with Crippen LogP contribution in [0.15, 0.2) is 36.8 Å². The molecule has 0 saturated heterocycles. The average molecular weight is 493 g/mol. The fourth-order valence-electron chi connectivity index (χ4n) is 5.46. The van der Waals surface area contributed by atoms with Gasteiger partial charge in [0.1, 0.15) is 0 Å². The van der Waals surface area contributed by atoms with E-state index in [1.54, 1.807) is 12.3 Å². The van der Waals surface area contributed by atoms with Gasteiger partial charge in [-0.05, 0) is 56.6 Å². The number of fused-ring (bicyclic) bond motifs is 2. The molecule has 36 heavy (non-hydrogen) atoms. The van der Waals surface area contributed by atoms with Crippen LogP contribution in [0.4, 0.5) is 10.3 Å². The summed E-state index contributed by atoms with van der Waals surface area (Å²) in [6, 6.07) is 5.57. The van der Waals surface area contributed by atoms with Crippen LogP contribution in [0.1, 0.15) is 58.5 Å². The van der Waals surface area contributed by atoms with Crippen LogP contribution in [0.3, 0.4) is 0 Å². The van der Waals surface area contributed by atoms with Crippen molar-refractivity contribution in [1.82, 2.24) is 24.3 Å². The van der Waals surface area contributed by atoms with Gasteiger partial charge in [-0.15, -0.1) is 0 Å². The number of benzene rings is 1. The second-order valence-electron chi connectivity index (χ2n) is 10.2. The van der Waals surface area contributed by atoms with E-state index in [9.17, 15) is 9.18 Å². The summed E-state index contributed by atoms with van der Waals surface area (Å²) < 4.78 is 21.2. The maximum Gasteiger partial charge on any atom is 0.254 e. The second-order valence-corrected chi connectivity index (χ2v) is 10.2. The van der Waals surface area contributed by atoms with Crippen molar-refractivity contribution in [2.24, 2.45) is 0 Å². The molecule has 9 heteroatoms. The molecule has 1 fully saturated rings. The van der Waals surface area contributed by atoms with E-state index in [1.165, 1.54) is 18.2 Å². The summed E-state index contributed by atoms with van der Waals surface area (Å²) in [5, 5.41) is 3.11. The van der Waals surface area contributed by atoms with Gasteiger partial charge in [0.05, 0.1) is 31.6 Å². The number of carbonyl (C=O) groups excluding carboxylic acids is 1. The SMILES string of the molecule is CNc1nccn1Cc1cc(CN(C)C)c2c(c1)C(=O)N(C(C)c1cc(OC)c(F)cn1)CC21CC1.